The van der Waals surface area contributed by atoms with Crippen LogP contribution in [0, 0.1) is 6.92 Å². The molecule has 0 bridgehead atoms. The SMILES string of the molecule is CNC(=O)Cc1c(-c2cccc(C)c2)nc2sc3ccccc3n12. The van der Waals surface area contributed by atoms with Crippen LogP contribution in [0.5, 0.6) is 0 Å². The second-order valence-corrected chi connectivity index (χ2v) is 6.82. The standard InChI is InChI=1S/C19H17N3OS/c1-12-6-5-7-13(10-12)18-15(11-17(23)20-2)22-14-8-3-4-9-16(14)24-19(22)21-18/h3-10H,11H2,1-2H3,(H,20,23). The number of likely N-dealkylation sites (N-methyl/N-ethyl adjacent to an activating group) is 1. The molecule has 0 radical (unpaired) electrons. The highest BCUT2D eigenvalue weighted by Crippen LogP contribution is 2.33. The van der Waals surface area contributed by atoms with E-state index < -0.39 is 0 Å². The first-order valence-corrected chi connectivity index (χ1v) is 8.65. The molecule has 0 unspecified atom stereocenters. The number of aryl methyl sites for hydroxylation is 1. The number of nitrogens with one attached hydrogen (secondary N) is 1. The van der Waals surface area contributed by atoms with Crippen LogP contribution in [-0.4, -0.2) is 22.3 Å². The van der Waals surface area contributed by atoms with Gasteiger partial charge in [-0.05, 0) is 25.1 Å². The van der Waals surface area contributed by atoms with Gasteiger partial charge in [0.2, 0.25) is 5.91 Å². The Balaban J connectivity index is 2.02. The smallest absolute Gasteiger partial charge is 0.225 e. The molecule has 0 spiro atoms. The third kappa shape index (κ3) is 2.37. The van der Waals surface area contributed by atoms with Crippen molar-refractivity contribution in [3.05, 3.63) is 59.8 Å². The summed E-state index contributed by atoms with van der Waals surface area (Å²) in [7, 11) is 1.67. The first kappa shape index (κ1) is 14.9. The predicted molar refractivity (Wildman–Crippen MR) is 98.5 cm³/mol. The molecular formula is C19H17N3OS. The van der Waals surface area contributed by atoms with Crippen LogP contribution in [0.1, 0.15) is 11.3 Å². The number of carbonyl (C=O) groups is 1. The Bertz CT molecular complexity index is 1060. The Hall–Kier alpha value is -2.66. The lowest BCUT2D eigenvalue weighted by atomic mass is 10.1. The second-order valence-electron chi connectivity index (χ2n) is 5.81. The van der Waals surface area contributed by atoms with Crippen molar-refractivity contribution >= 4 is 32.4 Å². The molecule has 0 aliphatic carbocycles. The summed E-state index contributed by atoms with van der Waals surface area (Å²) in [6.45, 7) is 2.07. The Morgan fingerprint density at radius 1 is 1.21 bits per heavy atom. The van der Waals surface area contributed by atoms with E-state index in [9.17, 15) is 4.79 Å². The number of carbonyl (C=O) groups excluding carboxylic acids is 1. The number of hydrogen-bond donors (Lipinski definition) is 1. The highest BCUT2D eigenvalue weighted by molar-refractivity contribution is 7.23. The van der Waals surface area contributed by atoms with Gasteiger partial charge in [-0.15, -0.1) is 0 Å². The third-order valence-electron chi connectivity index (χ3n) is 4.15. The maximum absolute atomic E-state index is 12.1. The molecule has 24 heavy (non-hydrogen) atoms. The highest BCUT2D eigenvalue weighted by atomic mass is 32.1. The van der Waals surface area contributed by atoms with Crippen LogP contribution in [0.15, 0.2) is 48.5 Å². The molecular weight excluding hydrogens is 318 g/mol. The molecule has 2 aromatic heterocycles. The topological polar surface area (TPSA) is 46.4 Å². The maximum atomic E-state index is 12.1. The van der Waals surface area contributed by atoms with Gasteiger partial charge in [0.05, 0.1) is 28.0 Å². The van der Waals surface area contributed by atoms with Crippen molar-refractivity contribution < 1.29 is 4.79 Å². The number of thiazole rings is 1. The molecule has 2 heterocycles. The van der Waals surface area contributed by atoms with Crippen LogP contribution < -0.4 is 5.32 Å². The number of hydrogen-bond acceptors (Lipinski definition) is 3. The summed E-state index contributed by atoms with van der Waals surface area (Å²) in [5.74, 6) is -0.0130. The van der Waals surface area contributed by atoms with Gasteiger partial charge in [0.1, 0.15) is 0 Å². The quantitative estimate of drug-likeness (QED) is 0.619. The van der Waals surface area contributed by atoms with Gasteiger partial charge in [-0.2, -0.15) is 0 Å². The van der Waals surface area contributed by atoms with Gasteiger partial charge >= 0.3 is 0 Å². The maximum Gasteiger partial charge on any atom is 0.225 e. The van der Waals surface area contributed by atoms with Gasteiger partial charge in [-0.25, -0.2) is 4.98 Å². The second kappa shape index (κ2) is 5.76. The average molecular weight is 335 g/mol. The molecule has 0 saturated heterocycles. The number of fused-ring (bicyclic) bond motifs is 3. The van der Waals surface area contributed by atoms with E-state index in [-0.39, 0.29) is 5.91 Å². The first-order chi connectivity index (χ1) is 11.7. The fourth-order valence-electron chi connectivity index (χ4n) is 3.00. The lowest BCUT2D eigenvalue weighted by Gasteiger charge is -2.06. The van der Waals surface area contributed by atoms with Crippen LogP contribution in [0.2, 0.25) is 0 Å². The molecule has 5 heteroatoms. The van der Waals surface area contributed by atoms with Crippen LogP contribution in [0.25, 0.3) is 26.4 Å². The predicted octanol–water partition coefficient (Wildman–Crippen LogP) is 3.81. The van der Waals surface area contributed by atoms with Crippen molar-refractivity contribution in [2.24, 2.45) is 0 Å². The van der Waals surface area contributed by atoms with Gasteiger partial charge in [-0.1, -0.05) is 47.2 Å². The summed E-state index contributed by atoms with van der Waals surface area (Å²) in [4.78, 5) is 17.9. The number of aromatic nitrogens is 2. The van der Waals surface area contributed by atoms with E-state index in [0.29, 0.717) is 6.42 Å². The van der Waals surface area contributed by atoms with Gasteiger partial charge < -0.3 is 5.32 Å². The number of para-hydroxylation sites is 1. The summed E-state index contributed by atoms with van der Waals surface area (Å²) in [6, 6.07) is 16.5. The molecule has 1 N–H and O–H groups in total. The van der Waals surface area contributed by atoms with Crippen LogP contribution in [0.3, 0.4) is 0 Å². The van der Waals surface area contributed by atoms with E-state index in [1.807, 2.05) is 18.2 Å². The highest BCUT2D eigenvalue weighted by Gasteiger charge is 2.20. The molecule has 4 nitrogen and oxygen atoms in total. The Labute approximate surface area is 143 Å². The fraction of sp³-hybridized carbons (Fsp3) is 0.158. The van der Waals surface area contributed by atoms with Crippen molar-refractivity contribution in [1.82, 2.24) is 14.7 Å². The minimum absolute atomic E-state index is 0.0130. The van der Waals surface area contributed by atoms with E-state index in [1.165, 1.54) is 10.3 Å². The van der Waals surface area contributed by atoms with Gasteiger partial charge in [0, 0.05) is 12.6 Å². The summed E-state index contributed by atoms with van der Waals surface area (Å²) >= 11 is 1.65. The zero-order valence-electron chi connectivity index (χ0n) is 13.5. The van der Waals surface area contributed by atoms with Crippen molar-refractivity contribution in [2.75, 3.05) is 7.05 Å². The molecule has 4 aromatic rings. The molecule has 1 amide bonds. The largest absolute Gasteiger partial charge is 0.359 e. The Morgan fingerprint density at radius 3 is 2.83 bits per heavy atom. The van der Waals surface area contributed by atoms with E-state index in [4.69, 9.17) is 4.98 Å². The summed E-state index contributed by atoms with van der Waals surface area (Å²) < 4.78 is 3.29. The van der Waals surface area contributed by atoms with Crippen molar-refractivity contribution in [3.8, 4) is 11.3 Å². The third-order valence-corrected chi connectivity index (χ3v) is 5.17. The van der Waals surface area contributed by atoms with Crippen LogP contribution in [0.4, 0.5) is 0 Å². The number of nitrogens with zero attached hydrogens (tertiary/aromatic N) is 2. The molecule has 2 aromatic carbocycles. The average Bonchev–Trinajstić information content (AvgIpc) is 3.11. The first-order valence-electron chi connectivity index (χ1n) is 7.84. The lowest BCUT2D eigenvalue weighted by Crippen LogP contribution is -2.21. The van der Waals surface area contributed by atoms with Gasteiger partial charge in [-0.3, -0.25) is 9.20 Å². The number of amides is 1. The number of rotatable bonds is 3. The lowest BCUT2D eigenvalue weighted by molar-refractivity contribution is -0.120. The molecule has 4 rings (SSSR count). The normalized spacial score (nSPS) is 11.2. The Kier molecular flexibility index (Phi) is 3.58. The molecule has 0 atom stereocenters. The minimum Gasteiger partial charge on any atom is -0.359 e. The molecule has 0 aliphatic rings. The van der Waals surface area contributed by atoms with E-state index in [2.05, 4.69) is 47.0 Å². The van der Waals surface area contributed by atoms with E-state index in [1.54, 1.807) is 18.4 Å². The van der Waals surface area contributed by atoms with Gasteiger partial charge in [0.25, 0.3) is 0 Å². The van der Waals surface area contributed by atoms with Crippen LogP contribution in [-0.2, 0) is 11.2 Å². The molecule has 120 valence electrons. The monoisotopic (exact) mass is 335 g/mol. The Morgan fingerprint density at radius 2 is 2.04 bits per heavy atom. The van der Waals surface area contributed by atoms with Crippen molar-refractivity contribution in [3.63, 3.8) is 0 Å². The van der Waals surface area contributed by atoms with Gasteiger partial charge in [0.15, 0.2) is 4.96 Å². The molecule has 0 fully saturated rings. The minimum atomic E-state index is -0.0130. The zero-order chi connectivity index (χ0) is 16.7. The summed E-state index contributed by atoms with van der Waals surface area (Å²) in [5.41, 5.74) is 5.16. The van der Waals surface area contributed by atoms with Crippen molar-refractivity contribution in [1.29, 1.82) is 0 Å². The fourth-order valence-corrected chi connectivity index (χ4v) is 4.05. The molecule has 0 saturated carbocycles. The zero-order valence-corrected chi connectivity index (χ0v) is 14.4. The van der Waals surface area contributed by atoms with E-state index in [0.717, 1.165) is 27.4 Å². The van der Waals surface area contributed by atoms with Crippen molar-refractivity contribution in [2.45, 2.75) is 13.3 Å². The number of benzene rings is 2. The summed E-state index contributed by atoms with van der Waals surface area (Å²) in [5, 5.41) is 2.72. The van der Waals surface area contributed by atoms with Crippen LogP contribution >= 0.6 is 11.3 Å². The summed E-state index contributed by atoms with van der Waals surface area (Å²) in [6.07, 6.45) is 0.307. The number of imidazole rings is 1. The molecule has 0 aliphatic heterocycles. The van der Waals surface area contributed by atoms with E-state index >= 15 is 0 Å².